The topological polar surface area (TPSA) is 65.1 Å². The van der Waals surface area contributed by atoms with E-state index in [1.165, 1.54) is 30.6 Å². The Bertz CT molecular complexity index is 972. The maximum absolute atomic E-state index is 13.7. The average molecular weight is 524 g/mol. The lowest BCUT2D eigenvalue weighted by molar-refractivity contribution is -0.141. The molecule has 2 aromatic carbocycles. The number of hydrogen-bond donors (Lipinski definition) is 0. The summed E-state index contributed by atoms with van der Waals surface area (Å²) in [5.41, 5.74) is 1.25. The lowest BCUT2D eigenvalue weighted by Gasteiger charge is -2.29. The van der Waals surface area contributed by atoms with Crippen LogP contribution in [0.25, 0.3) is 0 Å². The highest BCUT2D eigenvalue weighted by Gasteiger charge is 2.53. The van der Waals surface area contributed by atoms with Crippen LogP contribution in [0, 0.1) is 0 Å². The van der Waals surface area contributed by atoms with Crippen LogP contribution in [0.3, 0.4) is 0 Å². The smallest absolute Gasteiger partial charge is 0.417 e. The molecule has 0 saturated carbocycles. The number of rotatable bonds is 14. The first-order valence-corrected chi connectivity index (χ1v) is 14.2. The Morgan fingerprint density at radius 3 is 1.87 bits per heavy atom. The second-order valence-electron chi connectivity index (χ2n) is 11.1. The molecule has 2 aromatic rings. The van der Waals surface area contributed by atoms with E-state index in [2.05, 4.69) is 6.92 Å². The van der Waals surface area contributed by atoms with Crippen LogP contribution < -0.4 is 0 Å². The Hall–Kier alpha value is -2.70. The Morgan fingerprint density at radius 2 is 1.32 bits per heavy atom. The van der Waals surface area contributed by atoms with Crippen molar-refractivity contribution in [2.24, 2.45) is 0 Å². The van der Waals surface area contributed by atoms with Crippen LogP contribution in [-0.4, -0.2) is 40.8 Å². The predicted octanol–water partition coefficient (Wildman–Crippen LogP) is 7.44. The van der Waals surface area contributed by atoms with Gasteiger partial charge in [0.25, 0.3) is 5.91 Å². The van der Waals surface area contributed by atoms with E-state index in [0.717, 1.165) is 30.4 Å². The molecule has 1 aliphatic heterocycles. The van der Waals surface area contributed by atoms with E-state index in [0.29, 0.717) is 13.0 Å². The molecular weight excluding hydrogens is 478 g/mol. The van der Waals surface area contributed by atoms with E-state index in [-0.39, 0.29) is 12.5 Å². The summed E-state index contributed by atoms with van der Waals surface area (Å²) >= 11 is 0. The van der Waals surface area contributed by atoms with Crippen LogP contribution in [0.5, 0.6) is 0 Å². The highest BCUT2D eigenvalue weighted by Crippen LogP contribution is 2.32. The van der Waals surface area contributed by atoms with E-state index in [9.17, 15) is 9.59 Å². The first kappa shape index (κ1) is 29.9. The van der Waals surface area contributed by atoms with Gasteiger partial charge in [-0.1, -0.05) is 113 Å². The third-order valence-corrected chi connectivity index (χ3v) is 6.74. The van der Waals surface area contributed by atoms with Gasteiger partial charge in [-0.05, 0) is 38.3 Å². The number of carbonyl (C=O) groups excluding carboxylic acids is 2. The van der Waals surface area contributed by atoms with Crippen molar-refractivity contribution in [3.05, 3.63) is 71.8 Å². The Morgan fingerprint density at radius 1 is 0.789 bits per heavy atom. The van der Waals surface area contributed by atoms with Gasteiger partial charge in [-0.15, -0.1) is 0 Å². The molecule has 208 valence electrons. The maximum Gasteiger partial charge on any atom is 0.417 e. The number of ether oxygens (including phenoxy) is 3. The number of hydrogen-bond acceptors (Lipinski definition) is 5. The lowest BCUT2D eigenvalue weighted by atomic mass is 10.0. The molecule has 1 heterocycles. The summed E-state index contributed by atoms with van der Waals surface area (Å²) in [5.74, 6) is -0.388. The predicted molar refractivity (Wildman–Crippen MR) is 150 cm³/mol. The normalized spacial score (nSPS) is 19.6. The van der Waals surface area contributed by atoms with Crippen molar-refractivity contribution >= 4 is 12.0 Å². The number of carbonyl (C=O) groups is 2. The number of imide groups is 1. The minimum Gasteiger partial charge on any atom is -0.443 e. The molecule has 1 aliphatic rings. The van der Waals surface area contributed by atoms with Crippen molar-refractivity contribution in [1.82, 2.24) is 4.90 Å². The first-order chi connectivity index (χ1) is 18.3. The standard InChI is InChI=1S/C32H45NO5/c1-5-6-7-8-9-10-17-22-27-28(36-23-25-18-13-11-14-19-25)29(37-24-26-20-15-12-16-21-26)30(34)33(27)31(35)38-32(2,3)4/h11-16,18-21,27-29H,5-10,17,22-24H2,1-4H3/t27-,28+,29-/m0/s1. The van der Waals surface area contributed by atoms with E-state index >= 15 is 0 Å². The van der Waals surface area contributed by atoms with Crippen molar-refractivity contribution in [2.75, 3.05) is 0 Å². The zero-order chi connectivity index (χ0) is 27.4. The van der Waals surface area contributed by atoms with Gasteiger partial charge < -0.3 is 14.2 Å². The SMILES string of the molecule is CCCCCCCCC[C@H]1[C@@H](OCc2ccccc2)[C@H](OCc2ccccc2)C(=O)N1C(=O)OC(C)(C)C. The molecule has 0 N–H and O–H groups in total. The highest BCUT2D eigenvalue weighted by molar-refractivity contribution is 5.97. The average Bonchev–Trinajstić information content (AvgIpc) is 3.16. The minimum atomic E-state index is -0.888. The molecule has 3 atom stereocenters. The largest absolute Gasteiger partial charge is 0.443 e. The van der Waals surface area contributed by atoms with Gasteiger partial charge in [0, 0.05) is 0 Å². The number of nitrogens with zero attached hydrogens (tertiary/aromatic N) is 1. The van der Waals surface area contributed by atoms with Crippen molar-refractivity contribution in [1.29, 1.82) is 0 Å². The molecule has 38 heavy (non-hydrogen) atoms. The summed E-state index contributed by atoms with van der Waals surface area (Å²) in [7, 11) is 0. The minimum absolute atomic E-state index is 0.259. The number of amides is 2. The number of likely N-dealkylation sites (tertiary alicyclic amines) is 1. The molecular formula is C32H45NO5. The van der Waals surface area contributed by atoms with Crippen molar-refractivity contribution in [3.63, 3.8) is 0 Å². The highest BCUT2D eigenvalue weighted by atomic mass is 16.6. The Kier molecular flexibility index (Phi) is 11.8. The second-order valence-corrected chi connectivity index (χ2v) is 11.1. The third-order valence-electron chi connectivity index (χ3n) is 6.74. The van der Waals surface area contributed by atoms with Gasteiger partial charge in [-0.3, -0.25) is 4.79 Å². The lowest BCUT2D eigenvalue weighted by Crippen LogP contribution is -2.44. The molecule has 3 rings (SSSR count). The number of benzene rings is 2. The fourth-order valence-electron chi connectivity index (χ4n) is 4.82. The Balaban J connectivity index is 1.79. The first-order valence-electron chi connectivity index (χ1n) is 14.2. The van der Waals surface area contributed by atoms with Crippen LogP contribution in [0.4, 0.5) is 4.79 Å². The molecule has 0 aromatic heterocycles. The summed E-state index contributed by atoms with van der Waals surface area (Å²) < 4.78 is 18.3. The van der Waals surface area contributed by atoms with Crippen LogP contribution >= 0.6 is 0 Å². The summed E-state index contributed by atoms with van der Waals surface area (Å²) in [5, 5.41) is 0. The van der Waals surface area contributed by atoms with Gasteiger partial charge in [-0.25, -0.2) is 9.69 Å². The van der Waals surface area contributed by atoms with Crippen LogP contribution in [0.2, 0.25) is 0 Å². The van der Waals surface area contributed by atoms with Gasteiger partial charge in [0.1, 0.15) is 11.7 Å². The molecule has 0 bridgehead atoms. The quantitative estimate of drug-likeness (QED) is 0.241. The molecule has 1 fully saturated rings. The second kappa shape index (κ2) is 15.0. The van der Waals surface area contributed by atoms with Gasteiger partial charge in [0.05, 0.1) is 19.3 Å². The van der Waals surface area contributed by atoms with E-state index in [1.807, 2.05) is 81.4 Å². The monoisotopic (exact) mass is 523 g/mol. The van der Waals surface area contributed by atoms with Gasteiger partial charge in [0.15, 0.2) is 6.10 Å². The molecule has 0 spiro atoms. The molecule has 0 radical (unpaired) electrons. The summed E-state index contributed by atoms with van der Waals surface area (Å²) in [4.78, 5) is 28.3. The van der Waals surface area contributed by atoms with Gasteiger partial charge in [-0.2, -0.15) is 0 Å². The van der Waals surface area contributed by atoms with E-state index < -0.39 is 29.9 Å². The molecule has 6 heteroatoms. The molecule has 6 nitrogen and oxygen atoms in total. The summed E-state index contributed by atoms with van der Waals surface area (Å²) in [6.07, 6.45) is 6.61. The molecule has 2 amide bonds. The van der Waals surface area contributed by atoms with Gasteiger partial charge >= 0.3 is 6.09 Å². The summed E-state index contributed by atoms with van der Waals surface area (Å²) in [6, 6.07) is 19.2. The maximum atomic E-state index is 13.7. The zero-order valence-electron chi connectivity index (χ0n) is 23.6. The zero-order valence-corrected chi connectivity index (χ0v) is 23.6. The van der Waals surface area contributed by atoms with Crippen LogP contribution in [-0.2, 0) is 32.2 Å². The molecule has 0 aliphatic carbocycles. The fourth-order valence-corrected chi connectivity index (χ4v) is 4.82. The van der Waals surface area contributed by atoms with Gasteiger partial charge in [0.2, 0.25) is 0 Å². The van der Waals surface area contributed by atoms with Crippen molar-refractivity contribution < 1.29 is 23.8 Å². The van der Waals surface area contributed by atoms with Crippen molar-refractivity contribution in [2.45, 2.75) is 116 Å². The fraction of sp³-hybridized carbons (Fsp3) is 0.562. The molecule has 1 saturated heterocycles. The van der Waals surface area contributed by atoms with E-state index in [4.69, 9.17) is 14.2 Å². The van der Waals surface area contributed by atoms with Crippen LogP contribution in [0.1, 0.15) is 90.2 Å². The van der Waals surface area contributed by atoms with Crippen LogP contribution in [0.15, 0.2) is 60.7 Å². The van der Waals surface area contributed by atoms with Crippen molar-refractivity contribution in [3.8, 4) is 0 Å². The summed E-state index contributed by atoms with van der Waals surface area (Å²) in [6.45, 7) is 8.24. The van der Waals surface area contributed by atoms with E-state index in [1.54, 1.807) is 0 Å². The molecule has 0 unspecified atom stereocenters. The third kappa shape index (κ3) is 9.25. The Labute approximate surface area is 228 Å². The number of unbranched alkanes of at least 4 members (excludes halogenated alkanes) is 6.